The monoisotopic (exact) mass is 330 g/mol. The van der Waals surface area contributed by atoms with Gasteiger partial charge in [-0.05, 0) is 35.9 Å². The molecule has 0 heterocycles. The fourth-order valence-corrected chi connectivity index (χ4v) is 2.37. The second-order valence-corrected chi connectivity index (χ2v) is 5.40. The molecular weight excluding hydrogens is 308 g/mol. The third-order valence-corrected chi connectivity index (χ3v) is 3.77. The molecule has 7 heteroatoms. The molecule has 0 unspecified atom stereocenters. The number of nitrogens with zero attached hydrogens (tertiary/aromatic N) is 2. The Morgan fingerprint density at radius 2 is 1.92 bits per heavy atom. The van der Waals surface area contributed by atoms with E-state index in [1.807, 2.05) is 42.3 Å². The molecule has 3 N–H and O–H groups in total. The van der Waals surface area contributed by atoms with Crippen molar-refractivity contribution in [2.24, 2.45) is 0 Å². The predicted molar refractivity (Wildman–Crippen MR) is 96.8 cm³/mol. The van der Waals surface area contributed by atoms with Crippen molar-refractivity contribution < 1.29 is 10.0 Å². The molecule has 0 aliphatic rings. The van der Waals surface area contributed by atoms with Gasteiger partial charge >= 0.3 is 0 Å². The molecule has 0 aliphatic heterocycles. The number of rotatable bonds is 8. The van der Waals surface area contributed by atoms with Crippen LogP contribution in [0.25, 0.3) is 0 Å². The number of hydrogen-bond acceptors (Lipinski definition) is 6. The summed E-state index contributed by atoms with van der Waals surface area (Å²) in [5, 5.41) is 26.1. The quantitative estimate of drug-likeness (QED) is 0.509. The largest absolute Gasteiger partial charge is 0.395 e. The van der Waals surface area contributed by atoms with E-state index < -0.39 is 0 Å². The molecule has 0 amide bonds. The Balaban J connectivity index is 2.03. The number of hydrogen-bond donors (Lipinski definition) is 3. The van der Waals surface area contributed by atoms with E-state index >= 15 is 0 Å². The first-order valence-corrected chi connectivity index (χ1v) is 7.66. The van der Waals surface area contributed by atoms with Gasteiger partial charge < -0.3 is 20.6 Å². The van der Waals surface area contributed by atoms with Gasteiger partial charge in [0.25, 0.3) is 5.69 Å². The summed E-state index contributed by atoms with van der Waals surface area (Å²) in [4.78, 5) is 12.7. The lowest BCUT2D eigenvalue weighted by Gasteiger charge is -2.18. The second-order valence-electron chi connectivity index (χ2n) is 5.40. The first-order chi connectivity index (χ1) is 11.5. The van der Waals surface area contributed by atoms with Crippen LogP contribution in [0.4, 0.5) is 22.7 Å². The minimum Gasteiger partial charge on any atom is -0.395 e. The van der Waals surface area contributed by atoms with Gasteiger partial charge in [0.15, 0.2) is 0 Å². The van der Waals surface area contributed by atoms with Crippen LogP contribution in [0.15, 0.2) is 42.5 Å². The van der Waals surface area contributed by atoms with E-state index in [-0.39, 0.29) is 17.2 Å². The Kier molecular flexibility index (Phi) is 5.97. The zero-order valence-electron chi connectivity index (χ0n) is 13.8. The molecule has 0 saturated carbocycles. The molecule has 0 saturated heterocycles. The number of anilines is 3. The van der Waals surface area contributed by atoms with Crippen LogP contribution in [0, 0.1) is 10.1 Å². The lowest BCUT2D eigenvalue weighted by Crippen LogP contribution is -2.20. The van der Waals surface area contributed by atoms with Crippen molar-refractivity contribution >= 4 is 22.7 Å². The van der Waals surface area contributed by atoms with Crippen LogP contribution in [0.2, 0.25) is 0 Å². The van der Waals surface area contributed by atoms with Crippen LogP contribution in [0.1, 0.15) is 5.56 Å². The Morgan fingerprint density at radius 1 is 1.21 bits per heavy atom. The molecule has 0 radical (unpaired) electrons. The Labute approximate surface area is 141 Å². The highest BCUT2D eigenvalue weighted by Gasteiger charge is 2.13. The van der Waals surface area contributed by atoms with Gasteiger partial charge in [-0.1, -0.05) is 6.07 Å². The molecule has 0 spiro atoms. The van der Waals surface area contributed by atoms with Crippen molar-refractivity contribution in [3.63, 3.8) is 0 Å². The number of nitrogens with one attached hydrogen (secondary N) is 2. The predicted octanol–water partition coefficient (Wildman–Crippen LogP) is 2.68. The Hall–Kier alpha value is -2.80. The Morgan fingerprint density at radius 3 is 2.50 bits per heavy atom. The Bertz CT molecular complexity index is 689. The number of aliphatic hydroxyl groups excluding tert-OH is 1. The molecular formula is C17H22N4O3. The maximum absolute atomic E-state index is 11.1. The SMILES string of the molecule is CNc1ccc(CNc2ccc(N(C)CCO)cc2)cc1[N+](=O)[O-]. The molecule has 0 bridgehead atoms. The minimum absolute atomic E-state index is 0.0674. The summed E-state index contributed by atoms with van der Waals surface area (Å²) >= 11 is 0. The summed E-state index contributed by atoms with van der Waals surface area (Å²) in [7, 11) is 3.58. The zero-order valence-corrected chi connectivity index (χ0v) is 13.8. The van der Waals surface area contributed by atoms with Gasteiger partial charge in [-0.15, -0.1) is 0 Å². The van der Waals surface area contributed by atoms with Crippen molar-refractivity contribution in [3.05, 3.63) is 58.1 Å². The van der Waals surface area contributed by atoms with Crippen LogP contribution in [-0.4, -0.2) is 37.3 Å². The molecule has 0 aromatic heterocycles. The standard InChI is InChI=1S/C17H22N4O3/c1-18-16-8-3-13(11-17(16)21(23)24)12-19-14-4-6-15(7-5-14)20(2)9-10-22/h3-8,11,18-19,22H,9-10,12H2,1-2H3. The molecule has 7 nitrogen and oxygen atoms in total. The number of likely N-dealkylation sites (N-methyl/N-ethyl adjacent to an activating group) is 1. The van der Waals surface area contributed by atoms with Gasteiger partial charge in [0, 0.05) is 44.6 Å². The first kappa shape index (κ1) is 17.6. The van der Waals surface area contributed by atoms with Crippen molar-refractivity contribution in [3.8, 4) is 0 Å². The second kappa shape index (κ2) is 8.16. The highest BCUT2D eigenvalue weighted by molar-refractivity contribution is 5.62. The van der Waals surface area contributed by atoms with E-state index in [4.69, 9.17) is 5.11 Å². The number of nitro groups is 1. The summed E-state index contributed by atoms with van der Waals surface area (Å²) in [6, 6.07) is 13.0. The summed E-state index contributed by atoms with van der Waals surface area (Å²) in [5.74, 6) is 0. The topological polar surface area (TPSA) is 90.7 Å². The van der Waals surface area contributed by atoms with Gasteiger partial charge in [0.1, 0.15) is 5.69 Å². The van der Waals surface area contributed by atoms with Crippen LogP contribution in [0.5, 0.6) is 0 Å². The molecule has 2 aromatic rings. The van der Waals surface area contributed by atoms with Crippen molar-refractivity contribution in [1.29, 1.82) is 0 Å². The lowest BCUT2D eigenvalue weighted by atomic mass is 10.1. The van der Waals surface area contributed by atoms with Crippen molar-refractivity contribution in [1.82, 2.24) is 0 Å². The fraction of sp³-hybridized carbons (Fsp3) is 0.294. The average molecular weight is 330 g/mol. The first-order valence-electron chi connectivity index (χ1n) is 7.66. The van der Waals surface area contributed by atoms with E-state index in [0.717, 1.165) is 16.9 Å². The van der Waals surface area contributed by atoms with Gasteiger partial charge in [0.2, 0.25) is 0 Å². The molecule has 2 aromatic carbocycles. The molecule has 0 atom stereocenters. The third kappa shape index (κ3) is 4.36. The summed E-state index contributed by atoms with van der Waals surface area (Å²) in [6.07, 6.45) is 0. The van der Waals surface area contributed by atoms with Gasteiger partial charge in [-0.25, -0.2) is 0 Å². The van der Waals surface area contributed by atoms with E-state index in [2.05, 4.69) is 10.6 Å². The number of benzene rings is 2. The van der Waals surface area contributed by atoms with E-state index in [0.29, 0.717) is 18.8 Å². The smallest absolute Gasteiger partial charge is 0.292 e. The summed E-state index contributed by atoms with van der Waals surface area (Å²) < 4.78 is 0. The van der Waals surface area contributed by atoms with Crippen LogP contribution in [0.3, 0.4) is 0 Å². The van der Waals surface area contributed by atoms with E-state index in [1.54, 1.807) is 19.2 Å². The molecule has 2 rings (SSSR count). The van der Waals surface area contributed by atoms with Crippen LogP contribution >= 0.6 is 0 Å². The van der Waals surface area contributed by atoms with Crippen molar-refractivity contribution in [2.75, 3.05) is 42.8 Å². The normalized spacial score (nSPS) is 10.3. The number of nitro benzene ring substituents is 1. The molecule has 0 fully saturated rings. The van der Waals surface area contributed by atoms with Gasteiger partial charge in [0.05, 0.1) is 11.5 Å². The maximum Gasteiger partial charge on any atom is 0.292 e. The van der Waals surface area contributed by atoms with E-state index in [9.17, 15) is 10.1 Å². The number of aliphatic hydroxyl groups is 1. The van der Waals surface area contributed by atoms with E-state index in [1.165, 1.54) is 0 Å². The van der Waals surface area contributed by atoms with Gasteiger partial charge in [-0.2, -0.15) is 0 Å². The molecule has 128 valence electrons. The summed E-state index contributed by atoms with van der Waals surface area (Å²) in [6.45, 7) is 1.18. The highest BCUT2D eigenvalue weighted by atomic mass is 16.6. The van der Waals surface area contributed by atoms with Gasteiger partial charge in [-0.3, -0.25) is 10.1 Å². The van der Waals surface area contributed by atoms with Crippen LogP contribution in [-0.2, 0) is 6.54 Å². The molecule has 24 heavy (non-hydrogen) atoms. The van der Waals surface area contributed by atoms with Crippen molar-refractivity contribution in [2.45, 2.75) is 6.54 Å². The third-order valence-electron chi connectivity index (χ3n) is 3.77. The maximum atomic E-state index is 11.1. The summed E-state index contributed by atoms with van der Waals surface area (Å²) in [5.41, 5.74) is 3.35. The lowest BCUT2D eigenvalue weighted by molar-refractivity contribution is -0.384. The highest BCUT2D eigenvalue weighted by Crippen LogP contribution is 2.25. The zero-order chi connectivity index (χ0) is 17.5. The fourth-order valence-electron chi connectivity index (χ4n) is 2.37. The van der Waals surface area contributed by atoms with Crippen LogP contribution < -0.4 is 15.5 Å². The minimum atomic E-state index is -0.388. The average Bonchev–Trinajstić information content (AvgIpc) is 2.60. The molecule has 0 aliphatic carbocycles.